The Morgan fingerprint density at radius 1 is 1.54 bits per heavy atom. The average Bonchev–Trinajstić information content (AvgIpc) is 2.48. The van der Waals surface area contributed by atoms with Gasteiger partial charge in [0.15, 0.2) is 0 Å². The summed E-state index contributed by atoms with van der Waals surface area (Å²) in [6.07, 6.45) is 0. The van der Waals surface area contributed by atoms with Crippen LogP contribution in [0.3, 0.4) is 0 Å². The largest absolute Gasteiger partial charge is 0.318 e. The molecule has 5 heteroatoms. The maximum absolute atomic E-state index is 3.98. The summed E-state index contributed by atoms with van der Waals surface area (Å²) in [5, 5.41) is 7.10. The molecule has 0 aromatic carbocycles. The summed E-state index contributed by atoms with van der Waals surface area (Å²) in [5.74, 6) is 0. The molecule has 0 fully saturated rings. The van der Waals surface area contributed by atoms with Crippen LogP contribution in [0.1, 0.15) is 10.6 Å². The zero-order valence-corrected chi connectivity index (χ0v) is 9.19. The fraction of sp³-hybridized carbons (Fsp3) is 0.750. The summed E-state index contributed by atoms with van der Waals surface area (Å²) in [6.45, 7) is 5.02. The van der Waals surface area contributed by atoms with Gasteiger partial charge in [0.2, 0.25) is 0 Å². The van der Waals surface area contributed by atoms with Crippen molar-refractivity contribution in [3.05, 3.63) is 10.6 Å². The van der Waals surface area contributed by atoms with Crippen LogP contribution in [0.2, 0.25) is 0 Å². The third-order valence-electron chi connectivity index (χ3n) is 1.90. The Hall–Kier alpha value is -0.520. The number of aromatic nitrogens is 2. The van der Waals surface area contributed by atoms with Gasteiger partial charge in [-0.25, -0.2) is 0 Å². The number of nitrogens with one attached hydrogen (secondary N) is 1. The Morgan fingerprint density at radius 3 is 2.85 bits per heavy atom. The molecule has 0 atom stereocenters. The third-order valence-corrected chi connectivity index (χ3v) is 2.71. The maximum atomic E-state index is 3.98. The summed E-state index contributed by atoms with van der Waals surface area (Å²) in [7, 11) is 4.07. The Bertz CT molecular complexity index is 248. The van der Waals surface area contributed by atoms with Crippen molar-refractivity contribution in [2.24, 2.45) is 0 Å². The second-order valence-electron chi connectivity index (χ2n) is 3.12. The first-order valence-electron chi connectivity index (χ1n) is 4.35. The zero-order chi connectivity index (χ0) is 9.68. The molecular weight excluding hydrogens is 184 g/mol. The second kappa shape index (κ2) is 5.26. The standard InChI is InChI=1S/C8H16N4S/c1-7-8(13-11-10-7)6-12(3)5-4-9-2/h9H,4-6H2,1-3H3. The van der Waals surface area contributed by atoms with Crippen molar-refractivity contribution in [2.45, 2.75) is 13.5 Å². The molecule has 1 aromatic heterocycles. The molecule has 0 saturated heterocycles. The van der Waals surface area contributed by atoms with Crippen LogP contribution in [0.5, 0.6) is 0 Å². The SMILES string of the molecule is CNCCN(C)Cc1snnc1C. The smallest absolute Gasteiger partial charge is 0.0769 e. The van der Waals surface area contributed by atoms with Gasteiger partial charge in [0, 0.05) is 19.6 Å². The number of likely N-dealkylation sites (N-methyl/N-ethyl adjacent to an activating group) is 2. The van der Waals surface area contributed by atoms with Gasteiger partial charge in [-0.15, -0.1) is 5.10 Å². The van der Waals surface area contributed by atoms with Crippen molar-refractivity contribution >= 4 is 11.5 Å². The van der Waals surface area contributed by atoms with Crippen molar-refractivity contribution in [1.29, 1.82) is 0 Å². The first kappa shape index (κ1) is 10.6. The van der Waals surface area contributed by atoms with E-state index >= 15 is 0 Å². The van der Waals surface area contributed by atoms with E-state index in [4.69, 9.17) is 0 Å². The summed E-state index contributed by atoms with van der Waals surface area (Å²) in [6, 6.07) is 0. The third kappa shape index (κ3) is 3.38. The molecule has 1 N–H and O–H groups in total. The number of rotatable bonds is 5. The van der Waals surface area contributed by atoms with E-state index < -0.39 is 0 Å². The lowest BCUT2D eigenvalue weighted by Crippen LogP contribution is -2.26. The predicted octanol–water partition coefficient (Wildman–Crippen LogP) is 0.498. The van der Waals surface area contributed by atoms with Crippen LogP contribution in [0, 0.1) is 6.92 Å². The van der Waals surface area contributed by atoms with Crippen LogP contribution >= 0.6 is 11.5 Å². The van der Waals surface area contributed by atoms with Crippen molar-refractivity contribution in [3.8, 4) is 0 Å². The van der Waals surface area contributed by atoms with Gasteiger partial charge in [-0.1, -0.05) is 4.49 Å². The van der Waals surface area contributed by atoms with E-state index in [0.717, 1.165) is 25.3 Å². The summed E-state index contributed by atoms with van der Waals surface area (Å²) in [4.78, 5) is 3.53. The number of nitrogens with zero attached hydrogens (tertiary/aromatic N) is 3. The minimum atomic E-state index is 0.950. The van der Waals surface area contributed by atoms with E-state index in [1.54, 1.807) is 0 Å². The molecular formula is C8H16N4S. The topological polar surface area (TPSA) is 41.0 Å². The molecule has 0 aliphatic rings. The van der Waals surface area contributed by atoms with Crippen molar-refractivity contribution in [2.75, 3.05) is 27.2 Å². The quantitative estimate of drug-likeness (QED) is 0.751. The Morgan fingerprint density at radius 2 is 2.31 bits per heavy atom. The van der Waals surface area contributed by atoms with Gasteiger partial charge in [-0.05, 0) is 32.6 Å². The molecule has 1 rings (SSSR count). The van der Waals surface area contributed by atoms with Crippen molar-refractivity contribution in [1.82, 2.24) is 19.8 Å². The predicted molar refractivity (Wildman–Crippen MR) is 54.9 cm³/mol. The number of aryl methyl sites for hydroxylation is 1. The number of hydrogen-bond donors (Lipinski definition) is 1. The van der Waals surface area contributed by atoms with Crippen LogP contribution < -0.4 is 5.32 Å². The molecule has 74 valence electrons. The van der Waals surface area contributed by atoms with E-state index in [-0.39, 0.29) is 0 Å². The molecule has 0 saturated carbocycles. The summed E-state index contributed by atoms with van der Waals surface area (Å²) < 4.78 is 3.90. The molecule has 0 amide bonds. The lowest BCUT2D eigenvalue weighted by Gasteiger charge is -2.14. The fourth-order valence-electron chi connectivity index (χ4n) is 1.02. The van der Waals surface area contributed by atoms with Gasteiger partial charge in [-0.3, -0.25) is 4.90 Å². The van der Waals surface area contributed by atoms with Gasteiger partial charge in [0.05, 0.1) is 10.6 Å². The van der Waals surface area contributed by atoms with E-state index in [1.165, 1.54) is 16.4 Å². The van der Waals surface area contributed by atoms with E-state index in [0.29, 0.717) is 0 Å². The lowest BCUT2D eigenvalue weighted by atomic mass is 10.3. The minimum absolute atomic E-state index is 0.950. The molecule has 0 aliphatic carbocycles. The first-order valence-corrected chi connectivity index (χ1v) is 5.12. The van der Waals surface area contributed by atoms with E-state index in [9.17, 15) is 0 Å². The molecule has 13 heavy (non-hydrogen) atoms. The normalized spacial score (nSPS) is 11.1. The zero-order valence-electron chi connectivity index (χ0n) is 8.37. The van der Waals surface area contributed by atoms with Gasteiger partial charge in [-0.2, -0.15) is 0 Å². The van der Waals surface area contributed by atoms with Crippen molar-refractivity contribution < 1.29 is 0 Å². The maximum Gasteiger partial charge on any atom is 0.0769 e. The van der Waals surface area contributed by atoms with Gasteiger partial charge in [0.25, 0.3) is 0 Å². The van der Waals surface area contributed by atoms with E-state index in [2.05, 4.69) is 26.9 Å². The second-order valence-corrected chi connectivity index (χ2v) is 3.96. The lowest BCUT2D eigenvalue weighted by molar-refractivity contribution is 0.330. The van der Waals surface area contributed by atoms with Crippen molar-refractivity contribution in [3.63, 3.8) is 0 Å². The van der Waals surface area contributed by atoms with Crippen LogP contribution in [-0.4, -0.2) is 41.7 Å². The molecule has 0 radical (unpaired) electrons. The van der Waals surface area contributed by atoms with Gasteiger partial charge in [0.1, 0.15) is 0 Å². The van der Waals surface area contributed by atoms with E-state index in [1.807, 2.05) is 14.0 Å². The van der Waals surface area contributed by atoms with Crippen LogP contribution in [0.25, 0.3) is 0 Å². The van der Waals surface area contributed by atoms with Crippen LogP contribution in [-0.2, 0) is 6.54 Å². The molecule has 1 heterocycles. The fourth-order valence-corrected chi connectivity index (χ4v) is 1.74. The number of hydrogen-bond acceptors (Lipinski definition) is 5. The van der Waals surface area contributed by atoms with Crippen LogP contribution in [0.15, 0.2) is 0 Å². The van der Waals surface area contributed by atoms with Gasteiger partial charge < -0.3 is 5.32 Å². The summed E-state index contributed by atoms with van der Waals surface area (Å²) in [5.41, 5.74) is 1.06. The molecule has 0 spiro atoms. The molecule has 0 bridgehead atoms. The molecule has 4 nitrogen and oxygen atoms in total. The minimum Gasteiger partial charge on any atom is -0.318 e. The Balaban J connectivity index is 2.36. The molecule has 1 aromatic rings. The highest BCUT2D eigenvalue weighted by molar-refractivity contribution is 7.05. The highest BCUT2D eigenvalue weighted by Crippen LogP contribution is 2.10. The van der Waals surface area contributed by atoms with Crippen LogP contribution in [0.4, 0.5) is 0 Å². The monoisotopic (exact) mass is 200 g/mol. The Kier molecular flexibility index (Phi) is 4.27. The molecule has 0 aliphatic heterocycles. The highest BCUT2D eigenvalue weighted by Gasteiger charge is 2.05. The summed E-state index contributed by atoms with van der Waals surface area (Å²) >= 11 is 1.49. The average molecular weight is 200 g/mol. The highest BCUT2D eigenvalue weighted by atomic mass is 32.1. The van der Waals surface area contributed by atoms with Gasteiger partial charge >= 0.3 is 0 Å². The molecule has 0 unspecified atom stereocenters. The Labute approximate surface area is 83.1 Å². The first-order chi connectivity index (χ1) is 6.24.